The summed E-state index contributed by atoms with van der Waals surface area (Å²) in [6.07, 6.45) is 3.66. The number of nitrogens with one attached hydrogen (secondary N) is 17. The molecule has 0 aliphatic carbocycles. The Bertz CT molecular complexity index is 4370. The number of unbranched alkanes of at least 4 members (excludes halogenated alkanes) is 1. The number of thioether (sulfide) groups is 1. The molecule has 0 spiro atoms. The number of carbonyl (C=O) groups is 19. The third-order valence-electron chi connectivity index (χ3n) is 20.5. The predicted molar refractivity (Wildman–Crippen MR) is 492 cm³/mol. The summed E-state index contributed by atoms with van der Waals surface area (Å²) in [6, 6.07) is -10.2. The molecule has 3 aromatic rings. The number of para-hydroxylation sites is 1. The fourth-order valence-corrected chi connectivity index (χ4v) is 14.9. The van der Waals surface area contributed by atoms with E-state index in [1.54, 1.807) is 58.2 Å². The molecule has 130 heavy (non-hydrogen) atoms. The maximum Gasteiger partial charge on any atom is 0.243 e. The molecule has 0 bridgehead atoms. The number of aromatic amines is 2. The zero-order chi connectivity index (χ0) is 97.4. The Kier molecular flexibility index (Phi) is 47.2. The number of rotatable bonds is 61. The van der Waals surface area contributed by atoms with E-state index in [2.05, 4.69) is 112 Å². The lowest BCUT2D eigenvalue weighted by Gasteiger charge is -2.32. The van der Waals surface area contributed by atoms with Crippen molar-refractivity contribution in [3.8, 4) is 0 Å². The van der Waals surface area contributed by atoms with Gasteiger partial charge in [0.2, 0.25) is 112 Å². The molecule has 1 aromatic carbocycles. The van der Waals surface area contributed by atoms with Crippen LogP contribution in [0.5, 0.6) is 0 Å². The smallest absolute Gasteiger partial charge is 0.243 e. The minimum Gasteiger partial charge on any atom is -0.370 e. The van der Waals surface area contributed by atoms with E-state index in [4.69, 9.17) is 35.6 Å². The molecule has 2 aromatic heterocycles. The average Bonchev–Trinajstić information content (AvgIpc) is 1.63. The van der Waals surface area contributed by atoms with E-state index < -0.39 is 222 Å². The summed E-state index contributed by atoms with van der Waals surface area (Å²) in [6.45, 7) is 20.2. The summed E-state index contributed by atoms with van der Waals surface area (Å²) in [5.41, 5.74) is 23.7. The van der Waals surface area contributed by atoms with Crippen molar-refractivity contribution in [2.75, 3.05) is 71.4 Å². The quantitative estimate of drug-likeness (QED) is 0.0189. The highest BCUT2D eigenvalue weighted by Gasteiger charge is 2.39. The summed E-state index contributed by atoms with van der Waals surface area (Å²) >= 11 is 10.8. The zero-order valence-electron chi connectivity index (χ0n) is 76.4. The Morgan fingerprint density at radius 2 is 1.04 bits per heavy atom. The fraction of sp³-hybridized carbons (Fsp3) is 0.643. The first-order valence-electron chi connectivity index (χ1n) is 43.4. The molecule has 19 amide bonds. The first kappa shape index (κ1) is 111. The van der Waals surface area contributed by atoms with Crippen LogP contribution in [0.3, 0.4) is 0 Å². The summed E-state index contributed by atoms with van der Waals surface area (Å²) in [4.78, 5) is 273. The number of likely N-dealkylation sites (N-methyl/N-ethyl adjacent to an activating group) is 1. The summed E-state index contributed by atoms with van der Waals surface area (Å²) in [7, 11) is 1.96. The van der Waals surface area contributed by atoms with Crippen molar-refractivity contribution in [3.63, 3.8) is 0 Å². The van der Waals surface area contributed by atoms with Gasteiger partial charge in [-0.2, -0.15) is 37.0 Å². The van der Waals surface area contributed by atoms with Crippen LogP contribution in [0.1, 0.15) is 171 Å². The lowest BCUT2D eigenvalue weighted by molar-refractivity contribution is -0.136. The largest absolute Gasteiger partial charge is 0.370 e. The Morgan fingerprint density at radius 3 is 1.57 bits per heavy atom. The van der Waals surface area contributed by atoms with Gasteiger partial charge in [0.15, 0.2) is 0 Å². The fourth-order valence-electron chi connectivity index (χ4n) is 14.0. The van der Waals surface area contributed by atoms with Crippen LogP contribution in [0.25, 0.3) is 10.9 Å². The van der Waals surface area contributed by atoms with Gasteiger partial charge < -0.3 is 118 Å². The standard InChI is InChI=1S/C84H136N24O19S3/c1-45(2)32-58(103-74(119)54(100-76(121)56(21-24-63(85)109)101-75(120)55-23-26-66(112)96-55)20-16-17-28-90-69(115)41-108(43-84(10,11)129)30-29-107(12)42-83(8,9)128)73(118)92-39-67(113)98-62(36-65(87)111)81(126)102-57(22-25-64(86)110)77(122)105-60(34-49-37-91-52-19-15-14-18-51(49)52)78(123)95-48(7)72(117)106-70(47(5)6)82(127)93-40-68(114)97-61(35-50-38-89-44-94-50)80(125)104-59(33-46(3)4)79(124)99-53(71(88)116)27-31-130-13/h14-15,18-19,37-38,44-48,53-62,70,91,128-129H,16-17,20-36,39-43H2,1-13H3,(H2,85,109)(H2,86,110)(H2,87,111)(H2,88,116)(H,89,94)(H,90,115)(H,92,118)(H,93,127)(H,95,123)(H,96,112)(H,97,114)(H,98,113)(H,99,124)(H,100,121)(H,101,120)(H,102,126)(H,103,119)(H,104,125)(H,105,122)(H,106,117). The van der Waals surface area contributed by atoms with E-state index in [-0.39, 0.29) is 113 Å². The predicted octanol–water partition coefficient (Wildman–Crippen LogP) is -4.13. The van der Waals surface area contributed by atoms with Crippen LogP contribution in [0.4, 0.5) is 0 Å². The van der Waals surface area contributed by atoms with Gasteiger partial charge in [-0.15, -0.1) is 0 Å². The maximum atomic E-state index is 14.7. The van der Waals surface area contributed by atoms with Gasteiger partial charge in [0.25, 0.3) is 0 Å². The molecule has 25 N–H and O–H groups in total. The molecule has 1 saturated heterocycles. The minimum atomic E-state index is -1.91. The number of amides is 19. The Labute approximate surface area is 772 Å². The van der Waals surface area contributed by atoms with E-state index in [1.807, 2.05) is 59.7 Å². The number of thiol groups is 2. The number of fused-ring (bicyclic) bond motifs is 1. The Hall–Kier alpha value is -11.1. The van der Waals surface area contributed by atoms with Crippen LogP contribution < -0.4 is 103 Å². The van der Waals surface area contributed by atoms with Crippen LogP contribution in [-0.2, 0) is 104 Å². The van der Waals surface area contributed by atoms with E-state index >= 15 is 0 Å². The van der Waals surface area contributed by atoms with Crippen molar-refractivity contribution in [2.24, 2.45) is 40.7 Å². The van der Waals surface area contributed by atoms with Crippen LogP contribution >= 0.6 is 37.0 Å². The van der Waals surface area contributed by atoms with Crippen LogP contribution in [0, 0.1) is 17.8 Å². The molecule has 1 aliphatic heterocycles. The summed E-state index contributed by atoms with van der Waals surface area (Å²) in [5.74, 6) is -17.2. The first-order valence-corrected chi connectivity index (χ1v) is 45.6. The highest BCUT2D eigenvalue weighted by Crippen LogP contribution is 2.22. The summed E-state index contributed by atoms with van der Waals surface area (Å²) in [5, 5.41) is 39.0. The molecule has 4 rings (SSSR count). The molecule has 0 radical (unpaired) electrons. The third-order valence-corrected chi connectivity index (χ3v) is 21.4. The number of H-pyrrole nitrogens is 2. The maximum absolute atomic E-state index is 14.7. The molecule has 1 aliphatic rings. The van der Waals surface area contributed by atoms with E-state index in [1.165, 1.54) is 31.2 Å². The number of hydrogen-bond acceptors (Lipinski definition) is 25. The highest BCUT2D eigenvalue weighted by molar-refractivity contribution is 7.98. The van der Waals surface area contributed by atoms with E-state index in [9.17, 15) is 91.1 Å². The molecule has 12 unspecified atom stereocenters. The van der Waals surface area contributed by atoms with Crippen LogP contribution in [0.15, 0.2) is 43.0 Å². The summed E-state index contributed by atoms with van der Waals surface area (Å²) < 4.78 is -0.713. The molecule has 46 heteroatoms. The van der Waals surface area contributed by atoms with Gasteiger partial charge in [-0.25, -0.2) is 4.98 Å². The normalized spacial score (nSPS) is 15.3. The van der Waals surface area contributed by atoms with Crippen LogP contribution in [0.2, 0.25) is 0 Å². The number of aromatic nitrogens is 3. The SMILES string of the molecule is CSCCC(NC(=O)C(CC(C)C)NC(=O)C(Cc1cnc[nH]1)NC(=O)CNC(=O)C(NC(=O)C(C)NC(=O)C(Cc1c[nH]c2ccccc12)NC(=O)C(CCC(N)=O)NC(=O)C(CC(N)=O)NC(=O)CNC(=O)C(CC(C)C)NC(=O)C(CCCCNC(=O)CN(CCN(C)CC(C)(C)S)CC(C)(C)S)NC(=O)C(CCC(N)=O)NC(=O)C1CCC(=O)N1)C(C)C)C(N)=O. The number of primary amides is 4. The number of imidazole rings is 1. The van der Waals surface area contributed by atoms with Gasteiger partial charge in [0.05, 0.1) is 32.4 Å². The number of hydrogen-bond donors (Lipinski definition) is 23. The Morgan fingerprint density at radius 1 is 0.531 bits per heavy atom. The van der Waals surface area contributed by atoms with Gasteiger partial charge in [-0.1, -0.05) is 59.7 Å². The van der Waals surface area contributed by atoms with Gasteiger partial charge >= 0.3 is 0 Å². The lowest BCUT2D eigenvalue weighted by Crippen LogP contribution is -2.60. The molecule has 0 saturated carbocycles. The number of nitrogens with two attached hydrogens (primary N) is 4. The second-order valence-electron chi connectivity index (χ2n) is 35.1. The molecule has 724 valence electrons. The van der Waals surface area contributed by atoms with Crippen molar-refractivity contribution < 1.29 is 91.1 Å². The van der Waals surface area contributed by atoms with Gasteiger partial charge in [0, 0.05) is 103 Å². The number of benzene rings is 1. The first-order chi connectivity index (χ1) is 60.9. The highest BCUT2D eigenvalue weighted by atomic mass is 32.2. The second kappa shape index (κ2) is 55.1. The second-order valence-corrected chi connectivity index (χ2v) is 38.5. The molecular formula is C84H136N24O19S3. The van der Waals surface area contributed by atoms with Gasteiger partial charge in [-0.3, -0.25) is 96.0 Å². The lowest BCUT2D eigenvalue weighted by atomic mass is 10.0. The molecular weight excluding hydrogens is 1750 g/mol. The van der Waals surface area contributed by atoms with Crippen LogP contribution in [-0.4, -0.2) is 290 Å². The van der Waals surface area contributed by atoms with Gasteiger partial charge in [-0.05, 0) is 141 Å². The average molecular weight is 1880 g/mol. The molecule has 43 nitrogen and oxygen atoms in total. The Balaban J connectivity index is 1.53. The number of carbonyl (C=O) groups excluding carboxylic acids is 19. The van der Waals surface area contributed by atoms with Gasteiger partial charge in [0.1, 0.15) is 72.5 Å². The van der Waals surface area contributed by atoms with E-state index in [0.29, 0.717) is 54.1 Å². The molecule has 12 atom stereocenters. The van der Waals surface area contributed by atoms with Crippen molar-refractivity contribution in [3.05, 3.63) is 54.2 Å². The monoisotopic (exact) mass is 1880 g/mol. The topological polar surface area (TPSA) is 660 Å². The number of nitrogens with zero attached hydrogens (tertiary/aromatic N) is 3. The molecule has 3 heterocycles. The minimum absolute atomic E-state index is 0.0352. The third kappa shape index (κ3) is 42.6. The van der Waals surface area contributed by atoms with E-state index in [0.717, 1.165) is 0 Å². The molecule has 1 fully saturated rings. The van der Waals surface area contributed by atoms with Crippen molar-refractivity contribution in [2.45, 2.75) is 254 Å². The zero-order valence-corrected chi connectivity index (χ0v) is 79.0. The van der Waals surface area contributed by atoms with Crippen molar-refractivity contribution in [1.29, 1.82) is 0 Å². The van der Waals surface area contributed by atoms with Crippen molar-refractivity contribution in [1.82, 2.24) is 105 Å². The van der Waals surface area contributed by atoms with Crippen molar-refractivity contribution >= 4 is 160 Å².